The largest absolute Gasteiger partial charge is 0.496 e. The molecule has 0 radical (unpaired) electrons. The maximum absolute atomic E-state index is 11.6. The number of ether oxygens (including phenoxy) is 2. The van der Waals surface area contributed by atoms with Crippen LogP contribution in [0.1, 0.15) is 38.8 Å². The summed E-state index contributed by atoms with van der Waals surface area (Å²) in [5, 5.41) is 0. The Morgan fingerprint density at radius 1 is 1.33 bits per heavy atom. The molecule has 0 aliphatic carbocycles. The molecule has 0 saturated heterocycles. The third kappa shape index (κ3) is 5.85. The van der Waals surface area contributed by atoms with Gasteiger partial charge >= 0.3 is 6.09 Å². The number of nitrogens with zero attached hydrogens (tertiary/aromatic N) is 1. The summed E-state index contributed by atoms with van der Waals surface area (Å²) in [7, 11) is 1.65. The van der Waals surface area contributed by atoms with Gasteiger partial charge in [-0.15, -0.1) is 0 Å². The summed E-state index contributed by atoms with van der Waals surface area (Å²) < 4.78 is 10.4. The second kappa shape index (κ2) is 7.11. The van der Waals surface area contributed by atoms with E-state index < -0.39 is 11.7 Å². The van der Waals surface area contributed by atoms with Crippen LogP contribution < -0.4 is 10.5 Å². The molecule has 5 heteroatoms. The number of amidine groups is 1. The fourth-order valence-electron chi connectivity index (χ4n) is 1.87. The fourth-order valence-corrected chi connectivity index (χ4v) is 1.87. The van der Waals surface area contributed by atoms with Crippen LogP contribution in [-0.4, -0.2) is 24.6 Å². The van der Waals surface area contributed by atoms with Crippen molar-refractivity contribution in [3.8, 4) is 5.75 Å². The van der Waals surface area contributed by atoms with Crippen molar-refractivity contribution < 1.29 is 14.3 Å². The number of benzene rings is 1. The number of carbonyl (C=O) groups excluding carboxylic acids is 1. The van der Waals surface area contributed by atoms with E-state index in [1.54, 1.807) is 27.9 Å². The molecular formula is C16H24N2O3. The first kappa shape index (κ1) is 17.0. The maximum atomic E-state index is 11.6. The predicted molar refractivity (Wildman–Crippen MR) is 83.9 cm³/mol. The van der Waals surface area contributed by atoms with Gasteiger partial charge in [0, 0.05) is 6.42 Å². The summed E-state index contributed by atoms with van der Waals surface area (Å²) in [5.74, 6) is 1.08. The molecule has 0 aliphatic rings. The predicted octanol–water partition coefficient (Wildman–Crippen LogP) is 3.09. The Morgan fingerprint density at radius 3 is 2.52 bits per heavy atom. The van der Waals surface area contributed by atoms with Crippen LogP contribution in [0.15, 0.2) is 23.2 Å². The first-order valence-corrected chi connectivity index (χ1v) is 6.97. The highest BCUT2D eigenvalue weighted by Gasteiger charge is 2.16. The molecule has 0 heterocycles. The SMILES string of the molecule is CCc1cc(C/C(N)=N/C(=O)OC(C)(C)C)ccc1OC. The lowest BCUT2D eigenvalue weighted by Gasteiger charge is -2.17. The van der Waals surface area contributed by atoms with Crippen LogP contribution in [-0.2, 0) is 17.6 Å². The Bertz CT molecular complexity index is 531. The van der Waals surface area contributed by atoms with Crippen LogP contribution in [0, 0.1) is 0 Å². The van der Waals surface area contributed by atoms with Crippen LogP contribution in [0.25, 0.3) is 0 Å². The van der Waals surface area contributed by atoms with E-state index in [-0.39, 0.29) is 5.84 Å². The van der Waals surface area contributed by atoms with Crippen molar-refractivity contribution in [1.82, 2.24) is 0 Å². The Labute approximate surface area is 126 Å². The molecule has 0 aromatic heterocycles. The van der Waals surface area contributed by atoms with E-state index >= 15 is 0 Å². The molecule has 0 spiro atoms. The molecule has 0 fully saturated rings. The average Bonchev–Trinajstić information content (AvgIpc) is 2.35. The molecule has 5 nitrogen and oxygen atoms in total. The van der Waals surface area contributed by atoms with E-state index in [2.05, 4.69) is 11.9 Å². The van der Waals surface area contributed by atoms with Crippen molar-refractivity contribution in [2.45, 2.75) is 46.1 Å². The first-order valence-electron chi connectivity index (χ1n) is 6.97. The Morgan fingerprint density at radius 2 is 2.00 bits per heavy atom. The van der Waals surface area contributed by atoms with Gasteiger partial charge in [0.1, 0.15) is 17.2 Å². The number of nitrogens with two attached hydrogens (primary N) is 1. The van der Waals surface area contributed by atoms with Crippen LogP contribution in [0.3, 0.4) is 0 Å². The molecule has 1 aromatic carbocycles. The summed E-state index contributed by atoms with van der Waals surface area (Å²) in [5.41, 5.74) is 7.31. The minimum Gasteiger partial charge on any atom is -0.496 e. The zero-order valence-corrected chi connectivity index (χ0v) is 13.4. The van der Waals surface area contributed by atoms with Crippen molar-refractivity contribution in [1.29, 1.82) is 0 Å². The number of hydrogen-bond donors (Lipinski definition) is 1. The van der Waals surface area contributed by atoms with E-state index in [0.29, 0.717) is 6.42 Å². The van der Waals surface area contributed by atoms with Gasteiger partial charge in [-0.2, -0.15) is 4.99 Å². The number of amides is 1. The second-order valence-corrected chi connectivity index (χ2v) is 5.76. The van der Waals surface area contributed by atoms with Gasteiger partial charge in [-0.3, -0.25) is 0 Å². The van der Waals surface area contributed by atoms with E-state index in [0.717, 1.165) is 23.3 Å². The van der Waals surface area contributed by atoms with Gasteiger partial charge in [-0.1, -0.05) is 19.1 Å². The molecule has 1 rings (SSSR count). The van der Waals surface area contributed by atoms with Crippen molar-refractivity contribution >= 4 is 11.9 Å². The van der Waals surface area contributed by atoms with Crippen molar-refractivity contribution in [2.75, 3.05) is 7.11 Å². The molecule has 2 N–H and O–H groups in total. The van der Waals surface area contributed by atoms with Gasteiger partial charge in [0.05, 0.1) is 7.11 Å². The Kier molecular flexibility index (Phi) is 5.76. The smallest absolute Gasteiger partial charge is 0.435 e. The van der Waals surface area contributed by atoms with E-state index in [9.17, 15) is 4.79 Å². The lowest BCUT2D eigenvalue weighted by Crippen LogP contribution is -2.24. The lowest BCUT2D eigenvalue weighted by molar-refractivity contribution is 0.0604. The zero-order valence-electron chi connectivity index (χ0n) is 13.4. The minimum atomic E-state index is -0.663. The standard InChI is InChI=1S/C16H24N2O3/c1-6-12-9-11(7-8-13(12)20-5)10-14(17)18-15(19)21-16(2,3)4/h7-9H,6,10H2,1-5H3,(H2,17,18,19). The van der Waals surface area contributed by atoms with Crippen LogP contribution in [0.4, 0.5) is 4.79 Å². The highest BCUT2D eigenvalue weighted by Crippen LogP contribution is 2.20. The van der Waals surface area contributed by atoms with Gasteiger partial charge in [-0.25, -0.2) is 4.79 Å². The van der Waals surface area contributed by atoms with Crippen LogP contribution in [0.2, 0.25) is 0 Å². The molecular weight excluding hydrogens is 268 g/mol. The van der Waals surface area contributed by atoms with E-state index in [1.165, 1.54) is 0 Å². The van der Waals surface area contributed by atoms with Crippen LogP contribution >= 0.6 is 0 Å². The van der Waals surface area contributed by atoms with Gasteiger partial charge in [-0.05, 0) is 44.4 Å². The monoisotopic (exact) mass is 292 g/mol. The third-order valence-electron chi connectivity index (χ3n) is 2.74. The molecule has 116 valence electrons. The Balaban J connectivity index is 2.79. The first-order chi connectivity index (χ1) is 9.75. The summed E-state index contributed by atoms with van der Waals surface area (Å²) in [6.07, 6.45) is 0.598. The quantitative estimate of drug-likeness (QED) is 0.683. The number of methoxy groups -OCH3 is 1. The summed E-state index contributed by atoms with van der Waals surface area (Å²) in [6.45, 7) is 7.41. The van der Waals surface area contributed by atoms with Crippen molar-refractivity contribution in [2.24, 2.45) is 10.7 Å². The van der Waals surface area contributed by atoms with Gasteiger partial charge in [0.2, 0.25) is 0 Å². The highest BCUT2D eigenvalue weighted by atomic mass is 16.6. The summed E-state index contributed by atoms with van der Waals surface area (Å²) in [4.78, 5) is 15.3. The number of hydrogen-bond acceptors (Lipinski definition) is 3. The van der Waals surface area contributed by atoms with Crippen molar-refractivity contribution in [3.63, 3.8) is 0 Å². The maximum Gasteiger partial charge on any atom is 0.435 e. The average molecular weight is 292 g/mol. The lowest BCUT2D eigenvalue weighted by atomic mass is 10.0. The second-order valence-electron chi connectivity index (χ2n) is 5.76. The number of rotatable bonds is 4. The molecule has 1 aromatic rings. The number of aryl methyl sites for hydroxylation is 1. The molecule has 0 bridgehead atoms. The zero-order chi connectivity index (χ0) is 16.0. The molecule has 0 unspecified atom stereocenters. The fraction of sp³-hybridized carbons (Fsp3) is 0.500. The Hall–Kier alpha value is -2.04. The van der Waals surface area contributed by atoms with E-state index in [4.69, 9.17) is 15.2 Å². The molecule has 0 atom stereocenters. The van der Waals surface area contributed by atoms with E-state index in [1.807, 2.05) is 18.2 Å². The summed E-state index contributed by atoms with van der Waals surface area (Å²) in [6, 6.07) is 5.82. The normalized spacial score (nSPS) is 12.1. The molecule has 21 heavy (non-hydrogen) atoms. The van der Waals surface area contributed by atoms with Gasteiger partial charge in [0.25, 0.3) is 0 Å². The molecule has 0 aliphatic heterocycles. The topological polar surface area (TPSA) is 73.9 Å². The molecule has 0 saturated carbocycles. The minimum absolute atomic E-state index is 0.233. The van der Waals surface area contributed by atoms with Crippen molar-refractivity contribution in [3.05, 3.63) is 29.3 Å². The number of carbonyl (C=O) groups is 1. The van der Waals surface area contributed by atoms with Crippen LogP contribution in [0.5, 0.6) is 5.75 Å². The van der Waals surface area contributed by atoms with Gasteiger partial charge < -0.3 is 15.2 Å². The third-order valence-corrected chi connectivity index (χ3v) is 2.74. The summed E-state index contributed by atoms with van der Waals surface area (Å²) >= 11 is 0. The number of aliphatic imine (C=N–C) groups is 1. The molecule has 1 amide bonds. The highest BCUT2D eigenvalue weighted by molar-refractivity contribution is 5.92. The van der Waals surface area contributed by atoms with Gasteiger partial charge in [0.15, 0.2) is 0 Å².